The molecule has 1 aromatic heterocycles. The van der Waals surface area contributed by atoms with Crippen molar-refractivity contribution in [2.24, 2.45) is 24.8 Å². The van der Waals surface area contributed by atoms with E-state index in [1.807, 2.05) is 4.90 Å². The molecule has 0 atom stereocenters. The van der Waals surface area contributed by atoms with Crippen molar-refractivity contribution in [3.8, 4) is 0 Å². The number of carboxylic acid groups (broad SMARTS) is 1. The van der Waals surface area contributed by atoms with E-state index in [1.165, 1.54) is 0 Å². The molecule has 0 aromatic carbocycles. The summed E-state index contributed by atoms with van der Waals surface area (Å²) in [5.74, 6) is -0.619. The summed E-state index contributed by atoms with van der Waals surface area (Å²) in [4.78, 5) is 37.7. The van der Waals surface area contributed by atoms with Gasteiger partial charge in [0.15, 0.2) is 0 Å². The monoisotopic (exact) mass is 376 g/mol. The van der Waals surface area contributed by atoms with Crippen LogP contribution in [0.4, 0.5) is 0 Å². The highest BCUT2D eigenvalue weighted by Crippen LogP contribution is 2.31. The third kappa shape index (κ3) is 4.87. The number of piperidine rings is 1. The molecule has 1 aromatic rings. The molecular formula is C19H28N4O4. The van der Waals surface area contributed by atoms with Crippen molar-refractivity contribution in [3.05, 3.63) is 18.0 Å². The summed E-state index contributed by atoms with van der Waals surface area (Å²) in [5, 5.41) is 16.0. The van der Waals surface area contributed by atoms with Crippen LogP contribution in [0.3, 0.4) is 0 Å². The van der Waals surface area contributed by atoms with Crippen LogP contribution in [0.5, 0.6) is 0 Å². The normalized spacial score (nSPS) is 23.8. The van der Waals surface area contributed by atoms with Crippen molar-refractivity contribution in [1.82, 2.24) is 20.0 Å². The molecule has 0 bridgehead atoms. The zero-order valence-electron chi connectivity index (χ0n) is 15.8. The summed E-state index contributed by atoms with van der Waals surface area (Å²) in [6.07, 6.45) is 7.55. The van der Waals surface area contributed by atoms with E-state index >= 15 is 0 Å². The molecule has 8 heteroatoms. The molecule has 1 aliphatic heterocycles. The standard InChI is InChI=1S/C19H28N4O4/c1-22-12-16(11-21-22)17(24)20-10-13-6-8-23(9-7-13)18(25)14-2-4-15(5-3-14)19(26)27/h11-15H,2-10H2,1H3,(H,20,24)(H,26,27). The molecule has 2 N–H and O–H groups in total. The third-order valence-corrected chi connectivity index (χ3v) is 5.87. The Bertz CT molecular complexity index is 686. The highest BCUT2D eigenvalue weighted by Gasteiger charge is 2.33. The number of nitrogens with one attached hydrogen (secondary N) is 1. The van der Waals surface area contributed by atoms with Crippen molar-refractivity contribution in [2.45, 2.75) is 38.5 Å². The SMILES string of the molecule is Cn1cc(C(=O)NCC2CCN(C(=O)C3CCC(C(=O)O)CC3)CC2)cn1. The fraction of sp³-hybridized carbons (Fsp3) is 0.684. The molecule has 0 radical (unpaired) electrons. The number of hydrogen-bond donors (Lipinski definition) is 2. The Hall–Kier alpha value is -2.38. The van der Waals surface area contributed by atoms with Gasteiger partial charge in [0.25, 0.3) is 5.91 Å². The number of aromatic nitrogens is 2. The first-order valence-electron chi connectivity index (χ1n) is 9.72. The van der Waals surface area contributed by atoms with Crippen molar-refractivity contribution in [3.63, 3.8) is 0 Å². The van der Waals surface area contributed by atoms with Crippen LogP contribution in [0.25, 0.3) is 0 Å². The Morgan fingerprint density at radius 1 is 1.11 bits per heavy atom. The lowest BCUT2D eigenvalue weighted by atomic mass is 9.81. The Balaban J connectivity index is 1.39. The van der Waals surface area contributed by atoms with Crippen molar-refractivity contribution in [1.29, 1.82) is 0 Å². The van der Waals surface area contributed by atoms with E-state index in [0.29, 0.717) is 56.8 Å². The molecule has 2 fully saturated rings. The maximum atomic E-state index is 12.7. The molecule has 3 rings (SSSR count). The van der Waals surface area contributed by atoms with Crippen molar-refractivity contribution >= 4 is 17.8 Å². The number of carbonyl (C=O) groups is 3. The molecule has 1 saturated carbocycles. The van der Waals surface area contributed by atoms with Gasteiger partial charge in [-0.3, -0.25) is 19.1 Å². The minimum atomic E-state index is -0.741. The zero-order chi connectivity index (χ0) is 19.4. The number of amides is 2. The van der Waals surface area contributed by atoms with E-state index < -0.39 is 5.97 Å². The molecular weight excluding hydrogens is 348 g/mol. The van der Waals surface area contributed by atoms with Crippen molar-refractivity contribution < 1.29 is 19.5 Å². The fourth-order valence-electron chi connectivity index (χ4n) is 4.08. The van der Waals surface area contributed by atoms with Gasteiger partial charge in [0.2, 0.25) is 5.91 Å². The van der Waals surface area contributed by atoms with Crippen LogP contribution in [0.1, 0.15) is 48.9 Å². The Morgan fingerprint density at radius 2 is 1.74 bits per heavy atom. The van der Waals surface area contributed by atoms with Gasteiger partial charge in [0, 0.05) is 38.8 Å². The van der Waals surface area contributed by atoms with Gasteiger partial charge in [0.1, 0.15) is 0 Å². The fourth-order valence-corrected chi connectivity index (χ4v) is 4.08. The van der Waals surface area contributed by atoms with Crippen LogP contribution < -0.4 is 5.32 Å². The number of aliphatic carboxylic acids is 1. The summed E-state index contributed by atoms with van der Waals surface area (Å²) in [7, 11) is 1.78. The van der Waals surface area contributed by atoms with Gasteiger partial charge in [-0.05, 0) is 44.4 Å². The van der Waals surface area contributed by atoms with E-state index in [-0.39, 0.29) is 23.7 Å². The Labute approximate surface area is 158 Å². The Kier molecular flexibility index (Phi) is 6.13. The first kappa shape index (κ1) is 19.4. The molecule has 2 aliphatic rings. The molecule has 0 spiro atoms. The van der Waals surface area contributed by atoms with Gasteiger partial charge in [0.05, 0.1) is 17.7 Å². The lowest BCUT2D eigenvalue weighted by molar-refractivity contribution is -0.146. The first-order valence-corrected chi connectivity index (χ1v) is 9.72. The highest BCUT2D eigenvalue weighted by atomic mass is 16.4. The van der Waals surface area contributed by atoms with Gasteiger partial charge < -0.3 is 15.3 Å². The zero-order valence-corrected chi connectivity index (χ0v) is 15.8. The predicted octanol–water partition coefficient (Wildman–Crippen LogP) is 1.28. The second-order valence-corrected chi connectivity index (χ2v) is 7.77. The maximum absolute atomic E-state index is 12.7. The summed E-state index contributed by atoms with van der Waals surface area (Å²) >= 11 is 0. The van der Waals surface area contributed by atoms with Gasteiger partial charge in [-0.25, -0.2) is 0 Å². The number of rotatable bonds is 5. The number of hydrogen-bond acceptors (Lipinski definition) is 4. The summed E-state index contributed by atoms with van der Waals surface area (Å²) in [6, 6.07) is 0. The maximum Gasteiger partial charge on any atom is 0.306 e. The molecule has 1 aliphatic carbocycles. The molecule has 27 heavy (non-hydrogen) atoms. The van der Waals surface area contributed by atoms with E-state index in [2.05, 4.69) is 10.4 Å². The lowest BCUT2D eigenvalue weighted by Crippen LogP contribution is -2.44. The second-order valence-electron chi connectivity index (χ2n) is 7.77. The molecule has 8 nitrogen and oxygen atoms in total. The first-order chi connectivity index (χ1) is 12.9. The molecule has 2 amide bonds. The molecule has 0 unspecified atom stereocenters. The minimum Gasteiger partial charge on any atom is -0.481 e. The minimum absolute atomic E-state index is 0.0255. The van der Waals surface area contributed by atoms with Crippen molar-refractivity contribution in [2.75, 3.05) is 19.6 Å². The van der Waals surface area contributed by atoms with Gasteiger partial charge in [-0.2, -0.15) is 5.10 Å². The molecule has 2 heterocycles. The van der Waals surface area contributed by atoms with E-state index in [4.69, 9.17) is 5.11 Å². The second kappa shape index (κ2) is 8.54. The lowest BCUT2D eigenvalue weighted by Gasteiger charge is -2.36. The van der Waals surface area contributed by atoms with Gasteiger partial charge >= 0.3 is 5.97 Å². The highest BCUT2D eigenvalue weighted by molar-refractivity contribution is 5.93. The number of aryl methyl sites for hydroxylation is 1. The predicted molar refractivity (Wildman–Crippen MR) is 97.9 cm³/mol. The average molecular weight is 376 g/mol. The molecule has 1 saturated heterocycles. The van der Waals surface area contributed by atoms with Crippen LogP contribution in [0.2, 0.25) is 0 Å². The Morgan fingerprint density at radius 3 is 2.30 bits per heavy atom. The van der Waals surface area contributed by atoms with Gasteiger partial charge in [-0.15, -0.1) is 0 Å². The quantitative estimate of drug-likeness (QED) is 0.805. The van der Waals surface area contributed by atoms with E-state index in [9.17, 15) is 14.4 Å². The summed E-state index contributed by atoms with van der Waals surface area (Å²) < 4.78 is 1.60. The van der Waals surface area contributed by atoms with Crippen LogP contribution in [-0.2, 0) is 16.6 Å². The van der Waals surface area contributed by atoms with Gasteiger partial charge in [-0.1, -0.05) is 0 Å². The summed E-state index contributed by atoms with van der Waals surface area (Å²) in [6.45, 7) is 2.04. The number of carboxylic acids is 1. The number of nitrogens with zero attached hydrogens (tertiary/aromatic N) is 3. The molecule has 148 valence electrons. The number of likely N-dealkylation sites (tertiary alicyclic amines) is 1. The largest absolute Gasteiger partial charge is 0.481 e. The van der Waals surface area contributed by atoms with Crippen LogP contribution in [0.15, 0.2) is 12.4 Å². The average Bonchev–Trinajstić information content (AvgIpc) is 3.12. The smallest absolute Gasteiger partial charge is 0.306 e. The van der Waals surface area contributed by atoms with E-state index in [1.54, 1.807) is 24.1 Å². The van der Waals surface area contributed by atoms with Crippen LogP contribution in [0, 0.1) is 17.8 Å². The van der Waals surface area contributed by atoms with E-state index in [0.717, 1.165) is 12.8 Å². The van der Waals surface area contributed by atoms with Crippen LogP contribution in [-0.4, -0.2) is 57.2 Å². The summed E-state index contributed by atoms with van der Waals surface area (Å²) in [5.41, 5.74) is 0.557. The third-order valence-electron chi connectivity index (χ3n) is 5.87. The number of carbonyl (C=O) groups excluding carboxylic acids is 2. The van der Waals surface area contributed by atoms with Crippen LogP contribution >= 0.6 is 0 Å². The topological polar surface area (TPSA) is 105 Å².